The second-order valence-electron chi connectivity index (χ2n) is 12.6. The van der Waals surface area contributed by atoms with Gasteiger partial charge in [-0.25, -0.2) is 4.79 Å². The predicted octanol–water partition coefficient (Wildman–Crippen LogP) is -3.55. The Morgan fingerprint density at radius 2 is 1.54 bits per heavy atom. The van der Waals surface area contributed by atoms with E-state index in [2.05, 4.69) is 31.6 Å². The Labute approximate surface area is 282 Å². The Morgan fingerprint density at radius 1 is 0.875 bits per heavy atom. The number of carboxylic acid groups (broad SMARTS) is 1. The molecule has 4 amide bonds. The van der Waals surface area contributed by atoms with Crippen LogP contribution in [0.15, 0.2) is 4.99 Å². The average molecular weight is 687 g/mol. The van der Waals surface area contributed by atoms with Crippen LogP contribution in [0.2, 0.25) is 0 Å². The van der Waals surface area contributed by atoms with Crippen LogP contribution in [-0.4, -0.2) is 119 Å². The number of hydrogen-bond acceptors (Lipinski definition) is 11. The monoisotopic (exact) mass is 686 g/mol. The normalized spacial score (nSPS) is 18.1. The van der Waals surface area contributed by atoms with Gasteiger partial charge in [0.25, 0.3) is 0 Å². The molecule has 1 rings (SSSR count). The molecule has 0 aromatic heterocycles. The number of unbranched alkanes of at least 4 members (excludes halogenated alkanes) is 1. The highest BCUT2D eigenvalue weighted by molar-refractivity contribution is 5.95. The smallest absolute Gasteiger partial charge is 0.326 e. The molecule has 0 saturated carbocycles. The van der Waals surface area contributed by atoms with Crippen LogP contribution in [0.1, 0.15) is 78.1 Å². The lowest BCUT2D eigenvalue weighted by atomic mass is 9.98. The number of nitrogens with one attached hydrogen (secondary N) is 5. The maximum Gasteiger partial charge on any atom is 0.326 e. The molecule has 0 spiro atoms. The van der Waals surface area contributed by atoms with Gasteiger partial charge in [0.2, 0.25) is 23.6 Å². The molecule has 7 unspecified atom stereocenters. The third-order valence-corrected chi connectivity index (χ3v) is 7.92. The van der Waals surface area contributed by atoms with Crippen molar-refractivity contribution >= 4 is 35.6 Å². The lowest BCUT2D eigenvalue weighted by molar-refractivity contribution is -0.142. The van der Waals surface area contributed by atoms with E-state index in [0.29, 0.717) is 51.7 Å². The van der Waals surface area contributed by atoms with Crippen LogP contribution in [-0.2, 0) is 24.0 Å². The molecular formula is C30H58N10O8. The second kappa shape index (κ2) is 22.9. The summed E-state index contributed by atoms with van der Waals surface area (Å²) in [6, 6.07) is -6.41. The molecule has 7 atom stereocenters. The van der Waals surface area contributed by atoms with E-state index in [1.54, 1.807) is 13.8 Å². The summed E-state index contributed by atoms with van der Waals surface area (Å²) >= 11 is 0. The zero-order valence-corrected chi connectivity index (χ0v) is 28.2. The highest BCUT2D eigenvalue weighted by Gasteiger charge is 2.35. The first-order valence-electron chi connectivity index (χ1n) is 16.7. The van der Waals surface area contributed by atoms with Gasteiger partial charge in [-0.3, -0.25) is 24.2 Å². The Kier molecular flexibility index (Phi) is 20.2. The molecule has 0 aliphatic carbocycles. The number of carbonyl (C=O) groups is 5. The zero-order chi connectivity index (χ0) is 36.2. The zero-order valence-electron chi connectivity index (χ0n) is 28.2. The van der Waals surface area contributed by atoms with Crippen molar-refractivity contribution in [3.8, 4) is 0 Å². The fourth-order valence-electron chi connectivity index (χ4n) is 5.21. The number of aliphatic carboxylic acids is 1. The van der Waals surface area contributed by atoms with Gasteiger partial charge in [0.15, 0.2) is 5.96 Å². The van der Waals surface area contributed by atoms with Gasteiger partial charge >= 0.3 is 5.97 Å². The highest BCUT2D eigenvalue weighted by Crippen LogP contribution is 2.12. The molecule has 48 heavy (non-hydrogen) atoms. The molecular weight excluding hydrogens is 628 g/mol. The molecule has 0 radical (unpaired) electrons. The summed E-state index contributed by atoms with van der Waals surface area (Å²) < 4.78 is 0. The van der Waals surface area contributed by atoms with E-state index in [4.69, 9.17) is 22.9 Å². The van der Waals surface area contributed by atoms with Crippen LogP contribution in [0.5, 0.6) is 0 Å². The number of nitrogens with zero attached hydrogens (tertiary/aromatic N) is 1. The summed E-state index contributed by atoms with van der Waals surface area (Å²) in [6.45, 7) is 4.18. The number of aliphatic hydroxyl groups excluding tert-OH is 2. The summed E-state index contributed by atoms with van der Waals surface area (Å²) in [5.41, 5.74) is 22.4. The minimum atomic E-state index is -1.62. The Morgan fingerprint density at radius 3 is 2.10 bits per heavy atom. The standard InChI is InChI=1S/C30H58N10O8/c1-17(2)15-21(26(44)37-20(29(47)48)8-3-4-12-31)38-28(46)24(23(42)11-10-18(32)7-5-14-36-30(33)34)40-27(45)22(16-41)39-25(43)19-9-6-13-35-19/h17-24,35,41-42H,3-16,31-32H2,1-2H3,(H,37,44)(H,38,46)(H,39,43)(H,40,45)(H,47,48)(H4,33,34,36). The van der Waals surface area contributed by atoms with Crippen LogP contribution in [0.3, 0.4) is 0 Å². The van der Waals surface area contributed by atoms with Crippen molar-refractivity contribution in [1.82, 2.24) is 26.6 Å². The van der Waals surface area contributed by atoms with E-state index < -0.39 is 78.6 Å². The molecule has 1 saturated heterocycles. The minimum absolute atomic E-state index is 0.0345. The molecule has 18 heteroatoms. The van der Waals surface area contributed by atoms with Gasteiger partial charge in [-0.15, -0.1) is 0 Å². The Balaban J connectivity index is 3.14. The molecule has 0 aromatic rings. The van der Waals surface area contributed by atoms with Gasteiger partial charge < -0.3 is 64.8 Å². The first kappa shape index (κ1) is 42.4. The largest absolute Gasteiger partial charge is 0.480 e. The van der Waals surface area contributed by atoms with Crippen molar-refractivity contribution in [2.45, 2.75) is 120 Å². The number of rotatable bonds is 24. The van der Waals surface area contributed by atoms with Crippen molar-refractivity contribution in [3.63, 3.8) is 0 Å². The van der Waals surface area contributed by atoms with Crippen LogP contribution in [0.4, 0.5) is 0 Å². The fourth-order valence-corrected chi connectivity index (χ4v) is 5.21. The highest BCUT2D eigenvalue weighted by atomic mass is 16.4. The summed E-state index contributed by atoms with van der Waals surface area (Å²) in [5.74, 6) is -4.50. The number of carbonyl (C=O) groups excluding carboxylic acids is 4. The fraction of sp³-hybridized carbons (Fsp3) is 0.800. The van der Waals surface area contributed by atoms with Crippen LogP contribution >= 0.6 is 0 Å². The number of carboxylic acids is 1. The average Bonchev–Trinajstić information content (AvgIpc) is 3.57. The maximum atomic E-state index is 13.7. The Bertz CT molecular complexity index is 1050. The maximum absolute atomic E-state index is 13.7. The number of amides is 4. The third kappa shape index (κ3) is 16.5. The first-order chi connectivity index (χ1) is 22.7. The molecule has 1 fully saturated rings. The van der Waals surface area contributed by atoms with E-state index in [9.17, 15) is 39.3 Å². The number of aliphatic imine (C=N–C) groups is 1. The van der Waals surface area contributed by atoms with E-state index in [-0.39, 0.29) is 37.6 Å². The second-order valence-corrected chi connectivity index (χ2v) is 12.6. The van der Waals surface area contributed by atoms with Crippen molar-refractivity contribution < 1.29 is 39.3 Å². The Hall–Kier alpha value is -3.58. The molecule has 0 aromatic carbocycles. The van der Waals surface area contributed by atoms with E-state index in [1.807, 2.05) is 0 Å². The third-order valence-electron chi connectivity index (χ3n) is 7.92. The van der Waals surface area contributed by atoms with Crippen molar-refractivity contribution in [3.05, 3.63) is 0 Å². The van der Waals surface area contributed by atoms with E-state index in [1.165, 1.54) is 0 Å². The van der Waals surface area contributed by atoms with E-state index >= 15 is 0 Å². The van der Waals surface area contributed by atoms with Gasteiger partial charge in [0, 0.05) is 12.6 Å². The predicted molar refractivity (Wildman–Crippen MR) is 179 cm³/mol. The minimum Gasteiger partial charge on any atom is -0.480 e. The van der Waals surface area contributed by atoms with Crippen LogP contribution in [0, 0.1) is 5.92 Å². The first-order valence-corrected chi connectivity index (χ1v) is 16.7. The van der Waals surface area contributed by atoms with E-state index in [0.717, 1.165) is 6.42 Å². The topological polar surface area (TPSA) is 323 Å². The lowest BCUT2D eigenvalue weighted by Crippen LogP contribution is -2.62. The van der Waals surface area contributed by atoms with Gasteiger partial charge in [0.1, 0.15) is 24.2 Å². The summed E-state index contributed by atoms with van der Waals surface area (Å²) in [4.78, 5) is 68.5. The number of guanidine groups is 1. The summed E-state index contributed by atoms with van der Waals surface area (Å²) in [6.07, 6.45) is 2.40. The van der Waals surface area contributed by atoms with Crippen LogP contribution in [0.25, 0.3) is 0 Å². The molecule has 1 heterocycles. The number of aliphatic hydroxyl groups is 2. The number of hydrogen-bond donors (Lipinski definition) is 12. The summed E-state index contributed by atoms with van der Waals surface area (Å²) in [5, 5.41) is 43.6. The molecule has 18 nitrogen and oxygen atoms in total. The molecule has 1 aliphatic rings. The molecule has 16 N–H and O–H groups in total. The number of nitrogens with two attached hydrogens (primary N) is 4. The van der Waals surface area contributed by atoms with Gasteiger partial charge in [0.05, 0.1) is 18.8 Å². The van der Waals surface area contributed by atoms with Gasteiger partial charge in [-0.1, -0.05) is 13.8 Å². The van der Waals surface area contributed by atoms with Crippen molar-refractivity contribution in [2.24, 2.45) is 33.8 Å². The van der Waals surface area contributed by atoms with Crippen LogP contribution < -0.4 is 49.5 Å². The molecule has 1 aliphatic heterocycles. The van der Waals surface area contributed by atoms with Gasteiger partial charge in [-0.05, 0) is 83.2 Å². The molecule has 0 bridgehead atoms. The van der Waals surface area contributed by atoms with Crippen molar-refractivity contribution in [1.29, 1.82) is 0 Å². The SMILES string of the molecule is CC(C)CC(NC(=O)C(NC(=O)C(CO)NC(=O)C1CCCN1)C(O)CCC(N)CCCN=C(N)N)C(=O)NC(CCCCN)C(=O)O. The van der Waals surface area contributed by atoms with Gasteiger partial charge in [-0.2, -0.15) is 0 Å². The molecule has 276 valence electrons. The quantitative estimate of drug-likeness (QED) is 0.0266. The van der Waals surface area contributed by atoms with Crippen molar-refractivity contribution in [2.75, 3.05) is 26.2 Å². The lowest BCUT2D eigenvalue weighted by Gasteiger charge is -2.29. The summed E-state index contributed by atoms with van der Waals surface area (Å²) in [7, 11) is 0.